The Bertz CT molecular complexity index is 878. The van der Waals surface area contributed by atoms with E-state index in [0.717, 1.165) is 16.7 Å². The highest BCUT2D eigenvalue weighted by Crippen LogP contribution is 2.19. The van der Waals surface area contributed by atoms with Crippen LogP contribution in [0.3, 0.4) is 0 Å². The van der Waals surface area contributed by atoms with Gasteiger partial charge in [0.05, 0.1) is 0 Å². The highest BCUT2D eigenvalue weighted by molar-refractivity contribution is 5.94. The maximum atomic E-state index is 12.2. The minimum Gasteiger partial charge on any atom is -0.480 e. The molecule has 0 aliphatic rings. The Morgan fingerprint density at radius 3 is 2.15 bits per heavy atom. The number of carboxylic acids is 1. The van der Waals surface area contributed by atoms with Crippen molar-refractivity contribution in [1.29, 1.82) is 0 Å². The highest BCUT2D eigenvalue weighted by atomic mass is 16.4. The van der Waals surface area contributed by atoms with Gasteiger partial charge in [0.1, 0.15) is 11.7 Å². The third-order valence-electron chi connectivity index (χ3n) is 4.00. The molecule has 1 amide bonds. The van der Waals surface area contributed by atoms with Crippen LogP contribution in [0.15, 0.2) is 79.0 Å². The summed E-state index contributed by atoms with van der Waals surface area (Å²) in [5, 5.41) is 12.0. The Labute approximate surface area is 151 Å². The first kappa shape index (κ1) is 17.4. The van der Waals surface area contributed by atoms with E-state index in [-0.39, 0.29) is 12.1 Å². The zero-order chi connectivity index (χ0) is 18.4. The molecule has 5 heteroatoms. The van der Waals surface area contributed by atoms with Crippen LogP contribution in [0.1, 0.15) is 16.1 Å². The summed E-state index contributed by atoms with van der Waals surface area (Å²) < 4.78 is 0. The summed E-state index contributed by atoms with van der Waals surface area (Å²) in [6.45, 7) is 0. The van der Waals surface area contributed by atoms with E-state index in [0.29, 0.717) is 0 Å². The van der Waals surface area contributed by atoms with E-state index in [1.165, 1.54) is 6.20 Å². The van der Waals surface area contributed by atoms with Gasteiger partial charge in [-0.1, -0.05) is 60.7 Å². The second-order valence-corrected chi connectivity index (χ2v) is 5.85. The van der Waals surface area contributed by atoms with Gasteiger partial charge in [-0.3, -0.25) is 9.78 Å². The number of amides is 1. The van der Waals surface area contributed by atoms with Crippen LogP contribution in [0.25, 0.3) is 11.1 Å². The van der Waals surface area contributed by atoms with Crippen molar-refractivity contribution in [3.63, 3.8) is 0 Å². The minimum absolute atomic E-state index is 0.193. The van der Waals surface area contributed by atoms with E-state index in [1.54, 1.807) is 18.2 Å². The normalized spacial score (nSPS) is 11.5. The number of carbonyl (C=O) groups is 2. The molecule has 0 bridgehead atoms. The van der Waals surface area contributed by atoms with Gasteiger partial charge in [-0.05, 0) is 28.8 Å². The molecule has 1 aromatic heterocycles. The fourth-order valence-corrected chi connectivity index (χ4v) is 2.63. The maximum Gasteiger partial charge on any atom is 0.326 e. The van der Waals surface area contributed by atoms with Gasteiger partial charge in [0.25, 0.3) is 5.91 Å². The maximum absolute atomic E-state index is 12.2. The molecular formula is C21H18N2O3. The van der Waals surface area contributed by atoms with Gasteiger partial charge in [-0.15, -0.1) is 0 Å². The third-order valence-corrected chi connectivity index (χ3v) is 4.00. The van der Waals surface area contributed by atoms with Crippen molar-refractivity contribution < 1.29 is 14.7 Å². The number of nitrogens with zero attached hydrogens (tertiary/aromatic N) is 1. The fourth-order valence-electron chi connectivity index (χ4n) is 2.63. The number of aliphatic carboxylic acids is 1. The van der Waals surface area contributed by atoms with Crippen molar-refractivity contribution in [1.82, 2.24) is 10.3 Å². The van der Waals surface area contributed by atoms with Gasteiger partial charge in [0.2, 0.25) is 0 Å². The van der Waals surface area contributed by atoms with Crippen molar-refractivity contribution in [2.24, 2.45) is 0 Å². The second-order valence-electron chi connectivity index (χ2n) is 5.85. The molecule has 0 spiro atoms. The van der Waals surface area contributed by atoms with E-state index >= 15 is 0 Å². The van der Waals surface area contributed by atoms with Gasteiger partial charge in [-0.25, -0.2) is 4.79 Å². The van der Waals surface area contributed by atoms with Crippen molar-refractivity contribution in [3.05, 3.63) is 90.3 Å². The molecule has 0 saturated carbocycles. The number of benzene rings is 2. The quantitative estimate of drug-likeness (QED) is 0.718. The van der Waals surface area contributed by atoms with Gasteiger partial charge in [0, 0.05) is 12.6 Å². The molecule has 5 nitrogen and oxygen atoms in total. The van der Waals surface area contributed by atoms with E-state index < -0.39 is 17.9 Å². The Morgan fingerprint density at radius 2 is 1.54 bits per heavy atom. The smallest absolute Gasteiger partial charge is 0.326 e. The van der Waals surface area contributed by atoms with Gasteiger partial charge in [-0.2, -0.15) is 0 Å². The van der Waals surface area contributed by atoms with Crippen LogP contribution in [0.4, 0.5) is 0 Å². The summed E-state index contributed by atoms with van der Waals surface area (Å²) >= 11 is 0. The molecule has 3 rings (SSSR count). The van der Waals surface area contributed by atoms with E-state index in [4.69, 9.17) is 0 Å². The molecule has 0 fully saturated rings. The Hall–Kier alpha value is -3.47. The summed E-state index contributed by atoms with van der Waals surface area (Å²) in [6.07, 6.45) is 1.69. The molecule has 2 aromatic carbocycles. The molecule has 26 heavy (non-hydrogen) atoms. The number of pyridine rings is 1. The molecule has 0 aliphatic heterocycles. The summed E-state index contributed by atoms with van der Waals surface area (Å²) in [5.74, 6) is -1.58. The number of hydrogen-bond donors (Lipinski definition) is 2. The number of carboxylic acid groups (broad SMARTS) is 1. The highest BCUT2D eigenvalue weighted by Gasteiger charge is 2.21. The summed E-state index contributed by atoms with van der Waals surface area (Å²) in [5.41, 5.74) is 3.17. The van der Waals surface area contributed by atoms with Crippen molar-refractivity contribution >= 4 is 11.9 Å². The molecule has 0 aliphatic carbocycles. The van der Waals surface area contributed by atoms with E-state index in [9.17, 15) is 14.7 Å². The van der Waals surface area contributed by atoms with Gasteiger partial charge in [0.15, 0.2) is 0 Å². The fraction of sp³-hybridized carbons (Fsp3) is 0.0952. The molecule has 1 heterocycles. The van der Waals surface area contributed by atoms with Crippen LogP contribution in [-0.2, 0) is 11.2 Å². The summed E-state index contributed by atoms with van der Waals surface area (Å²) in [7, 11) is 0. The molecule has 130 valence electrons. The van der Waals surface area contributed by atoms with Crippen LogP contribution in [0.5, 0.6) is 0 Å². The molecule has 0 unspecified atom stereocenters. The topological polar surface area (TPSA) is 79.3 Å². The average Bonchev–Trinajstić information content (AvgIpc) is 2.69. The average molecular weight is 346 g/mol. The van der Waals surface area contributed by atoms with E-state index in [2.05, 4.69) is 10.3 Å². The predicted octanol–water partition coefficient (Wildman–Crippen LogP) is 3.17. The standard InChI is InChI=1S/C21H18N2O3/c24-20(18-8-4-5-13-22-18)23-19(21(25)26)14-15-9-11-17(12-10-15)16-6-2-1-3-7-16/h1-13,19H,14H2,(H,23,24)(H,25,26)/t19-/m1/s1. The lowest BCUT2D eigenvalue weighted by Gasteiger charge is -2.14. The number of hydrogen-bond acceptors (Lipinski definition) is 3. The summed E-state index contributed by atoms with van der Waals surface area (Å²) in [6, 6.07) is 21.5. The molecule has 2 N–H and O–H groups in total. The monoisotopic (exact) mass is 346 g/mol. The number of rotatable bonds is 6. The Balaban J connectivity index is 1.70. The number of carbonyl (C=O) groups excluding carboxylic acids is 1. The predicted molar refractivity (Wildman–Crippen MR) is 98.7 cm³/mol. The Kier molecular flexibility index (Phi) is 5.39. The van der Waals surface area contributed by atoms with Gasteiger partial charge >= 0.3 is 5.97 Å². The van der Waals surface area contributed by atoms with Crippen molar-refractivity contribution in [2.45, 2.75) is 12.5 Å². The lowest BCUT2D eigenvalue weighted by atomic mass is 10.0. The summed E-state index contributed by atoms with van der Waals surface area (Å²) in [4.78, 5) is 27.6. The SMILES string of the molecule is O=C(N[C@H](Cc1ccc(-c2ccccc2)cc1)C(=O)O)c1ccccn1. The van der Waals surface area contributed by atoms with Gasteiger partial charge < -0.3 is 10.4 Å². The zero-order valence-electron chi connectivity index (χ0n) is 14.0. The first-order valence-electron chi connectivity index (χ1n) is 8.22. The van der Waals surface area contributed by atoms with Crippen molar-refractivity contribution in [2.75, 3.05) is 0 Å². The van der Waals surface area contributed by atoms with Crippen LogP contribution in [0, 0.1) is 0 Å². The van der Waals surface area contributed by atoms with Crippen LogP contribution < -0.4 is 5.32 Å². The van der Waals surface area contributed by atoms with Crippen LogP contribution in [0.2, 0.25) is 0 Å². The molecule has 1 atom stereocenters. The van der Waals surface area contributed by atoms with Crippen LogP contribution >= 0.6 is 0 Å². The molecule has 3 aromatic rings. The lowest BCUT2D eigenvalue weighted by molar-refractivity contribution is -0.139. The van der Waals surface area contributed by atoms with Crippen molar-refractivity contribution in [3.8, 4) is 11.1 Å². The number of aromatic nitrogens is 1. The molecular weight excluding hydrogens is 328 g/mol. The largest absolute Gasteiger partial charge is 0.480 e. The van der Waals surface area contributed by atoms with Crippen LogP contribution in [-0.4, -0.2) is 28.0 Å². The third kappa shape index (κ3) is 4.33. The zero-order valence-corrected chi connectivity index (χ0v) is 14.0. The first-order chi connectivity index (χ1) is 12.6. The second kappa shape index (κ2) is 8.07. The first-order valence-corrected chi connectivity index (χ1v) is 8.22. The minimum atomic E-state index is -1.08. The number of nitrogens with one attached hydrogen (secondary N) is 1. The Morgan fingerprint density at radius 1 is 0.885 bits per heavy atom. The molecule has 0 saturated heterocycles. The lowest BCUT2D eigenvalue weighted by Crippen LogP contribution is -2.42. The van der Waals surface area contributed by atoms with E-state index in [1.807, 2.05) is 54.6 Å². The molecule has 0 radical (unpaired) electrons.